The minimum absolute atomic E-state index is 0.119. The summed E-state index contributed by atoms with van der Waals surface area (Å²) in [6.45, 7) is 3.35. The maximum absolute atomic E-state index is 13.0. The van der Waals surface area contributed by atoms with E-state index in [1.807, 2.05) is 11.8 Å². The van der Waals surface area contributed by atoms with Gasteiger partial charge in [-0.3, -0.25) is 0 Å². The van der Waals surface area contributed by atoms with Gasteiger partial charge in [-0.1, -0.05) is 12.1 Å². The summed E-state index contributed by atoms with van der Waals surface area (Å²) in [6, 6.07) is 8.17. The van der Waals surface area contributed by atoms with Crippen LogP contribution in [0.25, 0.3) is 0 Å². The number of halogens is 3. The van der Waals surface area contributed by atoms with Crippen LogP contribution in [-0.4, -0.2) is 49.7 Å². The largest absolute Gasteiger partial charge is 0.452 e. The fourth-order valence-corrected chi connectivity index (χ4v) is 4.62. The highest BCUT2D eigenvalue weighted by Crippen LogP contribution is 2.39. The molecule has 10 heteroatoms. The number of aliphatic hydroxyl groups is 1. The summed E-state index contributed by atoms with van der Waals surface area (Å²) in [4.78, 5) is 1.92. The van der Waals surface area contributed by atoms with Gasteiger partial charge in [0.25, 0.3) is 10.0 Å². The normalized spacial score (nSPS) is 21.5. The number of alkyl halides is 3. The minimum atomic E-state index is -4.78. The van der Waals surface area contributed by atoms with E-state index in [0.29, 0.717) is 19.2 Å². The lowest BCUT2D eigenvalue weighted by Gasteiger charge is -2.40. The van der Waals surface area contributed by atoms with Gasteiger partial charge < -0.3 is 14.4 Å². The van der Waals surface area contributed by atoms with Crippen molar-refractivity contribution < 1.29 is 31.1 Å². The lowest BCUT2D eigenvalue weighted by molar-refractivity contribution is -0.258. The standard InChI is InChI=1S/C18H21F3N2O4S/c1-13-12-22(28(25,26)16-4-3-11-27-16)9-10-23(13)15-7-5-14(6-8-15)17(2,24)18(19,20)21/h3-8,11,13,24H,9-10,12H2,1-2H3/t13-,17-/m0/s1. The van der Waals surface area contributed by atoms with E-state index in [2.05, 4.69) is 0 Å². The molecule has 1 fully saturated rings. The van der Waals surface area contributed by atoms with Crippen LogP contribution in [0.1, 0.15) is 19.4 Å². The second-order valence-corrected chi connectivity index (χ2v) is 8.82. The van der Waals surface area contributed by atoms with Gasteiger partial charge >= 0.3 is 6.18 Å². The van der Waals surface area contributed by atoms with Gasteiger partial charge in [-0.15, -0.1) is 0 Å². The van der Waals surface area contributed by atoms with Crippen LogP contribution in [-0.2, 0) is 15.6 Å². The molecule has 1 aromatic carbocycles. The van der Waals surface area contributed by atoms with E-state index in [-0.39, 0.29) is 29.8 Å². The van der Waals surface area contributed by atoms with E-state index >= 15 is 0 Å². The third kappa shape index (κ3) is 3.63. The highest BCUT2D eigenvalue weighted by Gasteiger charge is 2.51. The lowest BCUT2D eigenvalue weighted by Crippen LogP contribution is -2.53. The monoisotopic (exact) mass is 418 g/mol. The number of piperazine rings is 1. The molecule has 6 nitrogen and oxygen atoms in total. The molecule has 1 aliphatic rings. The molecule has 0 unspecified atom stereocenters. The Morgan fingerprint density at radius 2 is 1.79 bits per heavy atom. The number of hydrogen-bond donors (Lipinski definition) is 1. The molecule has 154 valence electrons. The fourth-order valence-electron chi connectivity index (χ4n) is 3.20. The van der Waals surface area contributed by atoms with Crippen molar-refractivity contribution in [2.24, 2.45) is 0 Å². The van der Waals surface area contributed by atoms with E-state index in [1.54, 1.807) is 0 Å². The second-order valence-electron chi connectivity index (χ2n) is 6.95. The Morgan fingerprint density at radius 3 is 2.29 bits per heavy atom. The number of anilines is 1. The van der Waals surface area contributed by atoms with Crippen molar-refractivity contribution in [3.8, 4) is 0 Å². The molecular weight excluding hydrogens is 397 g/mol. The molecular formula is C18H21F3N2O4S. The van der Waals surface area contributed by atoms with Gasteiger partial charge in [0.2, 0.25) is 5.09 Å². The molecule has 2 heterocycles. The van der Waals surface area contributed by atoms with Gasteiger partial charge in [-0.05, 0) is 43.7 Å². The Bertz CT molecular complexity index is 909. The quantitative estimate of drug-likeness (QED) is 0.827. The molecule has 1 aromatic heterocycles. The fraction of sp³-hybridized carbons (Fsp3) is 0.444. The maximum atomic E-state index is 13.0. The van der Waals surface area contributed by atoms with Crippen molar-refractivity contribution >= 4 is 15.7 Å². The number of sulfonamides is 1. The van der Waals surface area contributed by atoms with Gasteiger partial charge in [0, 0.05) is 31.4 Å². The first-order chi connectivity index (χ1) is 12.9. The molecule has 2 aromatic rings. The van der Waals surface area contributed by atoms with Gasteiger partial charge in [0.15, 0.2) is 5.60 Å². The van der Waals surface area contributed by atoms with Crippen LogP contribution in [0.2, 0.25) is 0 Å². The molecule has 28 heavy (non-hydrogen) atoms. The molecule has 0 radical (unpaired) electrons. The SMILES string of the molecule is C[C@H]1CN(S(=O)(=O)c2ccco2)CCN1c1ccc([C@](C)(O)C(F)(F)F)cc1. The predicted molar refractivity (Wildman–Crippen MR) is 96.3 cm³/mol. The molecule has 1 aliphatic heterocycles. The van der Waals surface area contributed by atoms with E-state index in [9.17, 15) is 26.7 Å². The molecule has 1 N–H and O–H groups in total. The Balaban J connectivity index is 1.75. The van der Waals surface area contributed by atoms with Crippen molar-refractivity contribution in [1.29, 1.82) is 0 Å². The zero-order chi connectivity index (χ0) is 20.7. The van der Waals surface area contributed by atoms with Crippen LogP contribution >= 0.6 is 0 Å². The minimum Gasteiger partial charge on any atom is -0.452 e. The Hall–Kier alpha value is -2.04. The number of furan rings is 1. The smallest absolute Gasteiger partial charge is 0.421 e. The number of hydrogen-bond acceptors (Lipinski definition) is 5. The van der Waals surface area contributed by atoms with Crippen molar-refractivity contribution in [2.45, 2.75) is 36.8 Å². The zero-order valence-corrected chi connectivity index (χ0v) is 16.2. The topological polar surface area (TPSA) is 74.0 Å². The number of nitrogens with zero attached hydrogens (tertiary/aromatic N) is 2. The van der Waals surface area contributed by atoms with Crippen molar-refractivity contribution in [3.05, 3.63) is 48.2 Å². The lowest BCUT2D eigenvalue weighted by atomic mass is 9.95. The second kappa shape index (κ2) is 7.09. The van der Waals surface area contributed by atoms with Crippen molar-refractivity contribution in [3.63, 3.8) is 0 Å². The molecule has 1 saturated heterocycles. The molecule has 2 atom stereocenters. The van der Waals surface area contributed by atoms with Crippen molar-refractivity contribution in [1.82, 2.24) is 4.31 Å². The Morgan fingerprint density at radius 1 is 1.14 bits per heavy atom. The highest BCUT2D eigenvalue weighted by molar-refractivity contribution is 7.89. The van der Waals surface area contributed by atoms with Gasteiger partial charge in [-0.2, -0.15) is 17.5 Å². The summed E-state index contributed by atoms with van der Waals surface area (Å²) < 4.78 is 70.4. The van der Waals surface area contributed by atoms with Crippen LogP contribution in [0.3, 0.4) is 0 Å². The summed E-state index contributed by atoms with van der Waals surface area (Å²) in [5.74, 6) is 0. The van der Waals surface area contributed by atoms with E-state index in [4.69, 9.17) is 4.42 Å². The van der Waals surface area contributed by atoms with Crippen LogP contribution in [0, 0.1) is 0 Å². The van der Waals surface area contributed by atoms with Crippen LogP contribution < -0.4 is 4.90 Å². The van der Waals surface area contributed by atoms with Crippen LogP contribution in [0.15, 0.2) is 52.2 Å². The molecule has 3 rings (SSSR count). The zero-order valence-electron chi connectivity index (χ0n) is 15.3. The summed E-state index contributed by atoms with van der Waals surface area (Å²) in [7, 11) is -3.72. The summed E-state index contributed by atoms with van der Waals surface area (Å²) in [5.41, 5.74) is -2.54. The Labute approximate surface area is 161 Å². The summed E-state index contributed by atoms with van der Waals surface area (Å²) in [6.07, 6.45) is -3.49. The Kier molecular flexibility index (Phi) is 5.24. The highest BCUT2D eigenvalue weighted by atomic mass is 32.2. The molecule has 0 saturated carbocycles. The third-order valence-electron chi connectivity index (χ3n) is 4.99. The average Bonchev–Trinajstić information content (AvgIpc) is 3.16. The van der Waals surface area contributed by atoms with Crippen molar-refractivity contribution in [2.75, 3.05) is 24.5 Å². The van der Waals surface area contributed by atoms with E-state index in [0.717, 1.165) is 0 Å². The van der Waals surface area contributed by atoms with E-state index < -0.39 is 21.8 Å². The summed E-state index contributed by atoms with van der Waals surface area (Å²) in [5, 5.41) is 9.65. The molecule has 0 bridgehead atoms. The molecule has 0 spiro atoms. The van der Waals surface area contributed by atoms with Crippen LogP contribution in [0.4, 0.5) is 18.9 Å². The first kappa shape index (κ1) is 20.7. The average molecular weight is 418 g/mol. The van der Waals surface area contributed by atoms with E-state index in [1.165, 1.54) is 47.0 Å². The third-order valence-corrected chi connectivity index (χ3v) is 6.74. The van der Waals surface area contributed by atoms with Gasteiger partial charge in [0.1, 0.15) is 0 Å². The van der Waals surface area contributed by atoms with Crippen LogP contribution in [0.5, 0.6) is 0 Å². The number of benzene rings is 1. The predicted octanol–water partition coefficient (Wildman–Crippen LogP) is 2.95. The number of rotatable bonds is 4. The summed E-state index contributed by atoms with van der Waals surface area (Å²) >= 11 is 0. The molecule has 0 amide bonds. The first-order valence-corrected chi connectivity index (χ1v) is 10.1. The first-order valence-electron chi connectivity index (χ1n) is 8.64. The molecule has 0 aliphatic carbocycles. The van der Waals surface area contributed by atoms with Gasteiger partial charge in [-0.25, -0.2) is 8.42 Å². The van der Waals surface area contributed by atoms with Gasteiger partial charge in [0.05, 0.1) is 6.26 Å². The maximum Gasteiger partial charge on any atom is 0.421 e.